The third-order valence-corrected chi connectivity index (χ3v) is 6.43. The minimum absolute atomic E-state index is 0.144. The lowest BCUT2D eigenvalue weighted by Crippen LogP contribution is -2.49. The number of nitrogens with zero attached hydrogens (tertiary/aromatic N) is 2. The van der Waals surface area contributed by atoms with Crippen molar-refractivity contribution in [1.29, 1.82) is 0 Å². The standard InChI is InChI=1S/C20H19FN2O3S/c1-13(24)23-8-9-27-20(23)17-11-16(26-2)6-7-18(17)22(19(20)25)12-14-4-3-5-15(21)10-14/h3-7,10-11H,8-9,12H2,1-2H3/t20-/m0/s1. The summed E-state index contributed by atoms with van der Waals surface area (Å²) in [4.78, 5) is 28.0. The van der Waals surface area contributed by atoms with Gasteiger partial charge in [0.15, 0.2) is 4.87 Å². The summed E-state index contributed by atoms with van der Waals surface area (Å²) in [5.74, 6) is 0.645. The summed E-state index contributed by atoms with van der Waals surface area (Å²) in [6.45, 7) is 2.23. The van der Waals surface area contributed by atoms with E-state index in [1.165, 1.54) is 30.8 Å². The molecule has 0 aliphatic carbocycles. The summed E-state index contributed by atoms with van der Waals surface area (Å²) < 4.78 is 19.0. The number of amides is 2. The van der Waals surface area contributed by atoms with Gasteiger partial charge in [-0.15, -0.1) is 11.8 Å². The number of thioether (sulfide) groups is 1. The molecule has 1 atom stereocenters. The number of hydrogen-bond donors (Lipinski definition) is 0. The lowest BCUT2D eigenvalue weighted by molar-refractivity contribution is -0.138. The van der Waals surface area contributed by atoms with Crippen LogP contribution in [0, 0.1) is 5.82 Å². The maximum Gasteiger partial charge on any atom is 0.268 e. The van der Waals surface area contributed by atoms with E-state index in [2.05, 4.69) is 0 Å². The van der Waals surface area contributed by atoms with Crippen molar-refractivity contribution in [3.8, 4) is 5.75 Å². The maximum absolute atomic E-state index is 13.6. The molecule has 2 aliphatic rings. The highest BCUT2D eigenvalue weighted by molar-refractivity contribution is 8.01. The molecule has 0 N–H and O–H groups in total. The Hall–Kier alpha value is -2.54. The number of halogens is 1. The van der Waals surface area contributed by atoms with Gasteiger partial charge in [-0.05, 0) is 35.9 Å². The van der Waals surface area contributed by atoms with Gasteiger partial charge >= 0.3 is 0 Å². The summed E-state index contributed by atoms with van der Waals surface area (Å²) in [7, 11) is 1.57. The first kappa shape index (κ1) is 17.9. The SMILES string of the molecule is COc1ccc2c(c1)[C@]1(SCCN1C(C)=O)C(=O)N2Cc1cccc(F)c1. The smallest absolute Gasteiger partial charge is 0.268 e. The van der Waals surface area contributed by atoms with Gasteiger partial charge in [-0.2, -0.15) is 0 Å². The van der Waals surface area contributed by atoms with Crippen molar-refractivity contribution >= 4 is 29.3 Å². The van der Waals surface area contributed by atoms with E-state index in [4.69, 9.17) is 4.74 Å². The Bertz CT molecular complexity index is 935. The molecule has 0 unspecified atom stereocenters. The van der Waals surface area contributed by atoms with Crippen molar-refractivity contribution < 1.29 is 18.7 Å². The average Bonchev–Trinajstić information content (AvgIpc) is 3.19. The van der Waals surface area contributed by atoms with Gasteiger partial charge in [0, 0.05) is 24.8 Å². The molecule has 0 aromatic heterocycles. The molecule has 1 saturated heterocycles. The second-order valence-corrected chi connectivity index (χ2v) is 7.86. The third-order valence-electron chi connectivity index (χ3n) is 5.01. The van der Waals surface area contributed by atoms with E-state index in [0.717, 1.165) is 11.3 Å². The predicted octanol–water partition coefficient (Wildman–Crippen LogP) is 3.13. The lowest BCUT2D eigenvalue weighted by Gasteiger charge is -2.32. The fraction of sp³-hybridized carbons (Fsp3) is 0.300. The Kier molecular flexibility index (Phi) is 4.34. The summed E-state index contributed by atoms with van der Waals surface area (Å²) in [5.41, 5.74) is 2.17. The number of anilines is 1. The number of carbonyl (C=O) groups is 2. The van der Waals surface area contributed by atoms with Crippen LogP contribution in [0.25, 0.3) is 0 Å². The minimum atomic E-state index is -1.08. The number of carbonyl (C=O) groups excluding carboxylic acids is 2. The van der Waals surface area contributed by atoms with E-state index < -0.39 is 4.87 Å². The molecule has 2 amide bonds. The van der Waals surface area contributed by atoms with Crippen LogP contribution in [0.15, 0.2) is 42.5 Å². The summed E-state index contributed by atoms with van der Waals surface area (Å²) in [6.07, 6.45) is 0. The van der Waals surface area contributed by atoms with E-state index >= 15 is 0 Å². The van der Waals surface area contributed by atoms with Crippen LogP contribution in [0.5, 0.6) is 5.75 Å². The first-order valence-corrected chi connectivity index (χ1v) is 9.63. The second-order valence-electron chi connectivity index (χ2n) is 6.57. The number of methoxy groups -OCH3 is 1. The highest BCUT2D eigenvalue weighted by Crippen LogP contribution is 2.55. The molecule has 2 aliphatic heterocycles. The number of rotatable bonds is 3. The van der Waals surface area contributed by atoms with E-state index in [1.807, 2.05) is 12.1 Å². The molecule has 0 radical (unpaired) electrons. The van der Waals surface area contributed by atoms with Gasteiger partial charge in [0.2, 0.25) is 5.91 Å². The average molecular weight is 386 g/mol. The number of benzene rings is 2. The maximum atomic E-state index is 13.6. The Morgan fingerprint density at radius 3 is 2.81 bits per heavy atom. The zero-order valence-corrected chi connectivity index (χ0v) is 15.9. The third kappa shape index (κ3) is 2.68. The number of hydrogen-bond acceptors (Lipinski definition) is 4. The molecule has 7 heteroatoms. The van der Waals surface area contributed by atoms with Gasteiger partial charge in [0.1, 0.15) is 11.6 Å². The lowest BCUT2D eigenvalue weighted by atomic mass is 10.1. The fourth-order valence-electron chi connectivity index (χ4n) is 3.83. The molecular weight excluding hydrogens is 367 g/mol. The van der Waals surface area contributed by atoms with Crippen molar-refractivity contribution in [3.63, 3.8) is 0 Å². The molecule has 5 nitrogen and oxygen atoms in total. The van der Waals surface area contributed by atoms with Crippen LogP contribution < -0.4 is 9.64 Å². The molecule has 1 fully saturated rings. The molecule has 1 spiro atoms. The monoisotopic (exact) mass is 386 g/mol. The number of fused-ring (bicyclic) bond motifs is 2. The van der Waals surface area contributed by atoms with E-state index in [9.17, 15) is 14.0 Å². The Morgan fingerprint density at radius 1 is 1.30 bits per heavy atom. The molecule has 0 bridgehead atoms. The van der Waals surface area contributed by atoms with Crippen molar-refractivity contribution in [3.05, 3.63) is 59.4 Å². The highest BCUT2D eigenvalue weighted by Gasteiger charge is 2.58. The Balaban J connectivity index is 1.84. The van der Waals surface area contributed by atoms with Crippen LogP contribution in [-0.4, -0.2) is 36.1 Å². The van der Waals surface area contributed by atoms with E-state index in [0.29, 0.717) is 23.6 Å². The first-order valence-electron chi connectivity index (χ1n) is 8.64. The van der Waals surface area contributed by atoms with Crippen LogP contribution in [0.1, 0.15) is 18.1 Å². The van der Waals surface area contributed by atoms with Crippen LogP contribution in [0.4, 0.5) is 10.1 Å². The van der Waals surface area contributed by atoms with Crippen molar-refractivity contribution in [2.24, 2.45) is 0 Å². The Morgan fingerprint density at radius 2 is 2.11 bits per heavy atom. The molecule has 4 rings (SSSR count). The summed E-state index contributed by atoms with van der Waals surface area (Å²) >= 11 is 1.46. The van der Waals surface area contributed by atoms with Crippen molar-refractivity contribution in [1.82, 2.24) is 4.90 Å². The zero-order valence-electron chi connectivity index (χ0n) is 15.1. The largest absolute Gasteiger partial charge is 0.497 e. The van der Waals surface area contributed by atoms with Crippen LogP contribution in [-0.2, 0) is 21.0 Å². The van der Waals surface area contributed by atoms with E-state index in [-0.39, 0.29) is 24.2 Å². The fourth-order valence-corrected chi connectivity index (χ4v) is 5.33. The second kappa shape index (κ2) is 6.56. The van der Waals surface area contributed by atoms with Gasteiger partial charge in [-0.3, -0.25) is 9.59 Å². The zero-order chi connectivity index (χ0) is 19.2. The Labute approximate surface area is 161 Å². The number of ether oxygens (including phenoxy) is 1. The molecular formula is C20H19FN2O3S. The highest BCUT2D eigenvalue weighted by atomic mass is 32.2. The van der Waals surface area contributed by atoms with Gasteiger partial charge in [0.25, 0.3) is 5.91 Å². The van der Waals surface area contributed by atoms with Gasteiger partial charge in [0.05, 0.1) is 19.3 Å². The molecule has 2 aromatic carbocycles. The van der Waals surface area contributed by atoms with Crippen molar-refractivity contribution in [2.75, 3.05) is 24.3 Å². The summed E-state index contributed by atoms with van der Waals surface area (Å²) in [6, 6.07) is 11.7. The van der Waals surface area contributed by atoms with Gasteiger partial charge in [-0.1, -0.05) is 12.1 Å². The summed E-state index contributed by atoms with van der Waals surface area (Å²) in [5, 5.41) is 0. The molecule has 27 heavy (non-hydrogen) atoms. The van der Waals surface area contributed by atoms with E-state index in [1.54, 1.807) is 35.1 Å². The predicted molar refractivity (Wildman–Crippen MR) is 102 cm³/mol. The van der Waals surface area contributed by atoms with Crippen molar-refractivity contribution in [2.45, 2.75) is 18.3 Å². The van der Waals surface area contributed by atoms with Gasteiger partial charge in [-0.25, -0.2) is 4.39 Å². The molecule has 2 aromatic rings. The molecule has 2 heterocycles. The topological polar surface area (TPSA) is 49.9 Å². The minimum Gasteiger partial charge on any atom is -0.497 e. The molecule has 140 valence electrons. The first-order chi connectivity index (χ1) is 13.0. The normalized spacial score (nSPS) is 21.1. The molecule has 0 saturated carbocycles. The van der Waals surface area contributed by atoms with Crippen LogP contribution in [0.2, 0.25) is 0 Å². The quantitative estimate of drug-likeness (QED) is 0.813. The van der Waals surface area contributed by atoms with Crippen LogP contribution in [0.3, 0.4) is 0 Å². The van der Waals surface area contributed by atoms with Gasteiger partial charge < -0.3 is 14.5 Å². The van der Waals surface area contributed by atoms with Crippen LogP contribution >= 0.6 is 11.8 Å².